The first-order chi connectivity index (χ1) is 11.6. The maximum absolute atomic E-state index is 12.4. The summed E-state index contributed by atoms with van der Waals surface area (Å²) in [6.45, 7) is 4.11. The Bertz CT molecular complexity index is 885. The maximum atomic E-state index is 12.4. The van der Waals surface area contributed by atoms with Gasteiger partial charge in [-0.1, -0.05) is 18.1 Å². The smallest absolute Gasteiger partial charge is 0.292 e. The van der Waals surface area contributed by atoms with Gasteiger partial charge < -0.3 is 0 Å². The fourth-order valence-corrected chi connectivity index (χ4v) is 2.51. The summed E-state index contributed by atoms with van der Waals surface area (Å²) in [6.07, 6.45) is 10.7. The van der Waals surface area contributed by atoms with Crippen molar-refractivity contribution in [2.24, 2.45) is 4.99 Å². The van der Waals surface area contributed by atoms with Crippen LogP contribution in [0.15, 0.2) is 41.5 Å². The number of carbonyl (C=O) groups excluding carboxylic acids is 1. The zero-order valence-corrected chi connectivity index (χ0v) is 13.5. The predicted octanol–water partition coefficient (Wildman–Crippen LogP) is 2.86. The molecule has 0 spiro atoms. The van der Waals surface area contributed by atoms with Crippen molar-refractivity contribution < 1.29 is 4.79 Å². The fraction of sp³-hybridized carbons (Fsp3) is 0.167. The lowest BCUT2D eigenvalue weighted by atomic mass is 10.1. The average molecular weight is 319 g/mol. The number of nitrogens with one attached hydrogen (secondary N) is 1. The third-order valence-corrected chi connectivity index (χ3v) is 3.62. The molecule has 1 aliphatic rings. The van der Waals surface area contributed by atoms with Crippen LogP contribution in [0.2, 0.25) is 0 Å². The third-order valence-electron chi connectivity index (χ3n) is 3.62. The first-order valence-electron chi connectivity index (χ1n) is 7.47. The monoisotopic (exact) mass is 319 g/mol. The van der Waals surface area contributed by atoms with Gasteiger partial charge in [-0.2, -0.15) is 5.10 Å². The molecule has 1 aromatic heterocycles. The van der Waals surface area contributed by atoms with Crippen LogP contribution in [0.5, 0.6) is 0 Å². The fourth-order valence-electron chi connectivity index (χ4n) is 2.51. The molecule has 1 aliphatic heterocycles. The van der Waals surface area contributed by atoms with E-state index in [0.29, 0.717) is 5.82 Å². The largest absolute Gasteiger partial charge is 0.328 e. The van der Waals surface area contributed by atoms with Crippen molar-refractivity contribution >= 4 is 18.1 Å². The SMILES string of the molecule is C#Cc1cccc(C)c1-n1nc(C)cc1NC(=O)N1C=CC=NC1. The van der Waals surface area contributed by atoms with Crippen molar-refractivity contribution in [2.75, 3.05) is 12.0 Å². The van der Waals surface area contributed by atoms with Crippen LogP contribution in [-0.4, -0.2) is 33.6 Å². The maximum Gasteiger partial charge on any atom is 0.328 e. The number of rotatable bonds is 2. The highest BCUT2D eigenvalue weighted by atomic mass is 16.2. The van der Waals surface area contributed by atoms with Crippen molar-refractivity contribution in [3.63, 3.8) is 0 Å². The van der Waals surface area contributed by atoms with E-state index >= 15 is 0 Å². The number of aryl methyl sites for hydroxylation is 2. The molecular formula is C18H17N5O. The van der Waals surface area contributed by atoms with Gasteiger partial charge in [-0.05, 0) is 31.6 Å². The molecule has 0 aliphatic carbocycles. The van der Waals surface area contributed by atoms with Crippen molar-refractivity contribution in [1.29, 1.82) is 0 Å². The number of amides is 2. The summed E-state index contributed by atoms with van der Waals surface area (Å²) in [4.78, 5) is 17.9. The molecule has 0 bridgehead atoms. The van der Waals surface area contributed by atoms with E-state index in [1.807, 2.05) is 38.1 Å². The van der Waals surface area contributed by atoms with Gasteiger partial charge in [-0.25, -0.2) is 9.48 Å². The number of aromatic nitrogens is 2. The summed E-state index contributed by atoms with van der Waals surface area (Å²) in [5, 5.41) is 7.36. The Morgan fingerprint density at radius 3 is 2.92 bits per heavy atom. The van der Waals surface area contributed by atoms with Crippen LogP contribution in [0.4, 0.5) is 10.6 Å². The minimum Gasteiger partial charge on any atom is -0.292 e. The minimum absolute atomic E-state index is 0.278. The lowest BCUT2D eigenvalue weighted by Gasteiger charge is -2.19. The Kier molecular flexibility index (Phi) is 4.17. The number of para-hydroxylation sites is 1. The number of benzene rings is 1. The summed E-state index contributed by atoms with van der Waals surface area (Å²) in [7, 11) is 0. The number of hydrogen-bond donors (Lipinski definition) is 1. The van der Waals surface area contributed by atoms with Gasteiger partial charge in [0.05, 0.1) is 16.9 Å². The third kappa shape index (κ3) is 2.92. The molecule has 0 fully saturated rings. The van der Waals surface area contributed by atoms with E-state index in [1.54, 1.807) is 23.2 Å². The number of nitrogens with zero attached hydrogens (tertiary/aromatic N) is 4. The molecular weight excluding hydrogens is 302 g/mol. The normalized spacial score (nSPS) is 13.0. The van der Waals surface area contributed by atoms with Crippen LogP contribution in [0, 0.1) is 26.2 Å². The number of hydrogen-bond acceptors (Lipinski definition) is 3. The number of urea groups is 1. The van der Waals surface area contributed by atoms with Crippen LogP contribution < -0.4 is 5.32 Å². The number of anilines is 1. The average Bonchev–Trinajstić information content (AvgIpc) is 2.95. The molecule has 1 N–H and O–H groups in total. The molecule has 1 aromatic carbocycles. The Balaban J connectivity index is 1.98. The first-order valence-corrected chi connectivity index (χ1v) is 7.47. The second kappa shape index (κ2) is 6.42. The molecule has 120 valence electrons. The molecule has 0 unspecified atom stereocenters. The number of aliphatic imine (C=N–C) groups is 1. The molecule has 6 heteroatoms. The molecule has 3 rings (SSSR count). The van der Waals surface area contributed by atoms with E-state index in [0.717, 1.165) is 22.5 Å². The van der Waals surface area contributed by atoms with Crippen LogP contribution >= 0.6 is 0 Å². The minimum atomic E-state index is -0.278. The van der Waals surface area contributed by atoms with E-state index in [-0.39, 0.29) is 12.7 Å². The molecule has 0 saturated heterocycles. The molecule has 2 amide bonds. The van der Waals surface area contributed by atoms with Gasteiger partial charge in [-0.15, -0.1) is 6.42 Å². The summed E-state index contributed by atoms with van der Waals surface area (Å²) in [5.41, 5.74) is 3.27. The van der Waals surface area contributed by atoms with Crippen molar-refractivity contribution in [3.8, 4) is 18.0 Å². The van der Waals surface area contributed by atoms with Gasteiger partial charge >= 0.3 is 6.03 Å². The molecule has 0 saturated carbocycles. The molecule has 0 radical (unpaired) electrons. The van der Waals surface area contributed by atoms with Gasteiger partial charge in [0, 0.05) is 18.5 Å². The van der Waals surface area contributed by atoms with E-state index in [9.17, 15) is 4.79 Å². The van der Waals surface area contributed by atoms with Crippen LogP contribution in [0.25, 0.3) is 5.69 Å². The quantitative estimate of drug-likeness (QED) is 0.865. The molecule has 24 heavy (non-hydrogen) atoms. The summed E-state index contributed by atoms with van der Waals surface area (Å²) >= 11 is 0. The number of terminal acetylenes is 1. The van der Waals surface area contributed by atoms with Gasteiger partial charge in [0.2, 0.25) is 0 Å². The van der Waals surface area contributed by atoms with Crippen LogP contribution in [0.3, 0.4) is 0 Å². The number of allylic oxidation sites excluding steroid dienone is 1. The van der Waals surface area contributed by atoms with E-state index in [2.05, 4.69) is 21.3 Å². The zero-order valence-electron chi connectivity index (χ0n) is 13.5. The Labute approximate surface area is 140 Å². The van der Waals surface area contributed by atoms with E-state index < -0.39 is 0 Å². The standard InChI is InChI=1S/C18H17N5O/c1-4-15-8-5-7-13(2)17(15)23-16(11-14(3)21-23)20-18(24)22-10-6-9-19-12-22/h1,5-11H,12H2,2-3H3,(H,20,24). The van der Waals surface area contributed by atoms with Crippen LogP contribution in [-0.2, 0) is 0 Å². The molecule has 0 atom stereocenters. The Morgan fingerprint density at radius 2 is 2.21 bits per heavy atom. The lowest BCUT2D eigenvalue weighted by molar-refractivity contribution is 0.229. The summed E-state index contributed by atoms with van der Waals surface area (Å²) < 4.78 is 1.68. The summed E-state index contributed by atoms with van der Waals surface area (Å²) in [6, 6.07) is 7.24. The van der Waals surface area contributed by atoms with Crippen molar-refractivity contribution in [2.45, 2.75) is 13.8 Å². The Morgan fingerprint density at radius 1 is 1.38 bits per heavy atom. The van der Waals surface area contributed by atoms with Crippen molar-refractivity contribution in [3.05, 3.63) is 53.4 Å². The topological polar surface area (TPSA) is 62.5 Å². The highest BCUT2D eigenvalue weighted by molar-refractivity contribution is 5.90. The van der Waals surface area contributed by atoms with E-state index in [1.165, 1.54) is 4.90 Å². The van der Waals surface area contributed by atoms with Gasteiger partial charge in [0.25, 0.3) is 0 Å². The van der Waals surface area contributed by atoms with E-state index in [4.69, 9.17) is 6.42 Å². The second-order valence-corrected chi connectivity index (χ2v) is 5.41. The van der Waals surface area contributed by atoms with Gasteiger partial charge in [0.15, 0.2) is 0 Å². The predicted molar refractivity (Wildman–Crippen MR) is 94.3 cm³/mol. The lowest BCUT2D eigenvalue weighted by Crippen LogP contribution is -2.32. The molecule has 2 aromatic rings. The molecule has 6 nitrogen and oxygen atoms in total. The second-order valence-electron chi connectivity index (χ2n) is 5.41. The van der Waals surface area contributed by atoms with Gasteiger partial charge in [0.1, 0.15) is 12.5 Å². The Hall–Kier alpha value is -3.33. The highest BCUT2D eigenvalue weighted by Gasteiger charge is 2.17. The highest BCUT2D eigenvalue weighted by Crippen LogP contribution is 2.24. The van der Waals surface area contributed by atoms with Crippen LogP contribution in [0.1, 0.15) is 16.8 Å². The zero-order chi connectivity index (χ0) is 17.1. The first kappa shape index (κ1) is 15.6. The molecule has 2 heterocycles. The van der Waals surface area contributed by atoms with Gasteiger partial charge in [-0.3, -0.25) is 15.2 Å². The number of carbonyl (C=O) groups is 1. The van der Waals surface area contributed by atoms with Crippen molar-refractivity contribution in [1.82, 2.24) is 14.7 Å². The summed E-state index contributed by atoms with van der Waals surface area (Å²) in [5.74, 6) is 3.24.